The molecule has 0 radical (unpaired) electrons. The van der Waals surface area contributed by atoms with E-state index >= 15 is 0 Å². The van der Waals surface area contributed by atoms with E-state index in [9.17, 15) is 28.8 Å². The van der Waals surface area contributed by atoms with E-state index in [1.54, 1.807) is 53.7 Å². The summed E-state index contributed by atoms with van der Waals surface area (Å²) in [6, 6.07) is 17.2. The number of benzene rings is 3. The Balaban J connectivity index is 0.000000356. The summed E-state index contributed by atoms with van der Waals surface area (Å²) in [6.07, 6.45) is 0. The predicted molar refractivity (Wildman–Crippen MR) is 166 cm³/mol. The molecule has 3 aromatic rings. The molecule has 0 aliphatic rings. The molecule has 0 fully saturated rings. The van der Waals surface area contributed by atoms with E-state index in [1.165, 1.54) is 78.7 Å². The third-order valence-corrected chi connectivity index (χ3v) is 5.32. The maximum atomic E-state index is 11.7. The van der Waals surface area contributed by atoms with Crippen molar-refractivity contribution in [3.63, 3.8) is 0 Å². The highest BCUT2D eigenvalue weighted by Gasteiger charge is 2.19. The topological polar surface area (TPSA) is 215 Å². The minimum atomic E-state index is -1.06. The summed E-state index contributed by atoms with van der Waals surface area (Å²) >= 11 is 0. The van der Waals surface area contributed by atoms with E-state index in [1.807, 2.05) is 0 Å². The molecule has 0 aromatic heterocycles. The van der Waals surface area contributed by atoms with Gasteiger partial charge in [0.2, 0.25) is 0 Å². The van der Waals surface area contributed by atoms with Crippen molar-refractivity contribution < 1.29 is 58.5 Å². The highest BCUT2D eigenvalue weighted by Crippen LogP contribution is 2.14. The standard InChI is InChI=1S/C13H16O4.C12H15NO4.C8H7NO4/c1-13(2,3)17-12(15)10-7-5-9(6-8-10)11(14)16-4;1-12(2,3)17-11(15)9-6-4-8(5-7-9)10(14)13-16;10-7(9-13)5-1-3-6(4-2-5)8(11)12/h5-8H,1-4H3;4-7,16H,1-3H3,(H,13,14);1-4,13H,(H,9,10)(H,11,12). The summed E-state index contributed by atoms with van der Waals surface area (Å²) in [7, 11) is 1.31. The van der Waals surface area contributed by atoms with E-state index in [0.717, 1.165) is 0 Å². The summed E-state index contributed by atoms with van der Waals surface area (Å²) < 4.78 is 14.9. The van der Waals surface area contributed by atoms with Crippen molar-refractivity contribution >= 4 is 35.7 Å². The first-order valence-corrected chi connectivity index (χ1v) is 13.8. The molecule has 252 valence electrons. The molecule has 5 N–H and O–H groups in total. The second-order valence-electron chi connectivity index (χ2n) is 11.4. The van der Waals surface area contributed by atoms with E-state index in [2.05, 4.69) is 4.74 Å². The Morgan fingerprint density at radius 3 is 0.979 bits per heavy atom. The molecule has 0 spiro atoms. The molecule has 0 atom stereocenters. The minimum Gasteiger partial charge on any atom is -0.478 e. The summed E-state index contributed by atoms with van der Waals surface area (Å²) in [5.74, 6) is -3.64. The van der Waals surface area contributed by atoms with Crippen molar-refractivity contribution in [3.05, 3.63) is 106 Å². The van der Waals surface area contributed by atoms with Gasteiger partial charge in [0.25, 0.3) is 11.8 Å². The van der Waals surface area contributed by atoms with Crippen molar-refractivity contribution in [2.24, 2.45) is 0 Å². The van der Waals surface area contributed by atoms with Gasteiger partial charge in [-0.25, -0.2) is 30.1 Å². The Bertz CT molecular complexity index is 1450. The molecule has 47 heavy (non-hydrogen) atoms. The maximum absolute atomic E-state index is 11.7. The Hall–Kier alpha value is -5.60. The van der Waals surface area contributed by atoms with Gasteiger partial charge in [0, 0.05) is 11.1 Å². The number of amides is 2. The average Bonchev–Trinajstić information content (AvgIpc) is 3.02. The SMILES string of the molecule is CC(C)(C)OC(=O)c1ccc(C(=O)NO)cc1.COC(=O)c1ccc(C(=O)OC(C)(C)C)cc1.O=C(O)c1ccc(C(=O)NO)cc1. The van der Waals surface area contributed by atoms with Crippen LogP contribution in [0.3, 0.4) is 0 Å². The zero-order valence-corrected chi connectivity index (χ0v) is 26.9. The molecular formula is C33H38N2O12. The summed E-state index contributed by atoms with van der Waals surface area (Å²) in [4.78, 5) is 66.7. The highest BCUT2D eigenvalue weighted by molar-refractivity contribution is 5.96. The van der Waals surface area contributed by atoms with Crippen molar-refractivity contribution in [2.75, 3.05) is 7.11 Å². The quantitative estimate of drug-likeness (QED) is 0.106. The number of esters is 3. The molecule has 0 saturated heterocycles. The van der Waals surface area contributed by atoms with Gasteiger partial charge < -0.3 is 19.3 Å². The Kier molecular flexibility index (Phi) is 14.9. The zero-order valence-electron chi connectivity index (χ0n) is 26.9. The Labute approximate surface area is 271 Å². The predicted octanol–water partition coefficient (Wildman–Crippen LogP) is 4.69. The number of ether oxygens (including phenoxy) is 3. The molecule has 0 saturated carbocycles. The lowest BCUT2D eigenvalue weighted by atomic mass is 10.1. The first-order chi connectivity index (χ1) is 21.8. The molecule has 0 heterocycles. The van der Waals surface area contributed by atoms with Crippen LogP contribution >= 0.6 is 0 Å². The number of methoxy groups -OCH3 is 1. The highest BCUT2D eigenvalue weighted by atomic mass is 16.6. The molecule has 0 aliphatic heterocycles. The lowest BCUT2D eigenvalue weighted by Crippen LogP contribution is -2.24. The number of hydroxylamine groups is 2. The fourth-order valence-corrected chi connectivity index (χ4v) is 3.19. The normalized spacial score (nSPS) is 10.4. The first kappa shape index (κ1) is 39.4. The molecule has 0 bridgehead atoms. The van der Waals surface area contributed by atoms with Gasteiger partial charge in [0.15, 0.2) is 0 Å². The van der Waals surface area contributed by atoms with Gasteiger partial charge in [0.1, 0.15) is 11.2 Å². The van der Waals surface area contributed by atoms with Crippen LogP contribution in [0, 0.1) is 0 Å². The van der Waals surface area contributed by atoms with Crippen LogP contribution in [0.25, 0.3) is 0 Å². The van der Waals surface area contributed by atoms with E-state index in [-0.39, 0.29) is 16.7 Å². The van der Waals surface area contributed by atoms with Crippen LogP contribution < -0.4 is 11.0 Å². The number of carbonyl (C=O) groups excluding carboxylic acids is 5. The van der Waals surface area contributed by atoms with E-state index in [0.29, 0.717) is 16.7 Å². The van der Waals surface area contributed by atoms with Crippen LogP contribution in [0.15, 0.2) is 72.8 Å². The van der Waals surface area contributed by atoms with E-state index in [4.69, 9.17) is 25.0 Å². The number of aromatic carboxylic acids is 1. The molecule has 0 unspecified atom stereocenters. The lowest BCUT2D eigenvalue weighted by molar-refractivity contribution is 0.00570. The van der Waals surface area contributed by atoms with E-state index < -0.39 is 46.9 Å². The molecule has 3 rings (SSSR count). The molecule has 0 aliphatic carbocycles. The van der Waals surface area contributed by atoms with Crippen LogP contribution in [0.2, 0.25) is 0 Å². The fraction of sp³-hybridized carbons (Fsp3) is 0.273. The Morgan fingerprint density at radius 2 is 0.745 bits per heavy atom. The van der Waals surface area contributed by atoms with Gasteiger partial charge in [0.05, 0.1) is 29.4 Å². The second-order valence-corrected chi connectivity index (χ2v) is 11.4. The van der Waals surface area contributed by atoms with Gasteiger partial charge in [-0.2, -0.15) is 0 Å². The average molecular weight is 655 g/mol. The first-order valence-electron chi connectivity index (χ1n) is 13.8. The molecule has 14 heteroatoms. The molecular weight excluding hydrogens is 616 g/mol. The van der Waals surface area contributed by atoms with Gasteiger partial charge in [-0.05, 0) is 114 Å². The number of hydrogen-bond donors (Lipinski definition) is 5. The summed E-state index contributed by atoms with van der Waals surface area (Å²) in [5.41, 5.74) is 3.60. The van der Waals surface area contributed by atoms with Crippen molar-refractivity contribution in [3.8, 4) is 0 Å². The van der Waals surface area contributed by atoms with Crippen LogP contribution in [-0.2, 0) is 14.2 Å². The van der Waals surface area contributed by atoms with Gasteiger partial charge in [-0.3, -0.25) is 20.0 Å². The molecule has 2 amide bonds. The smallest absolute Gasteiger partial charge is 0.338 e. The van der Waals surface area contributed by atoms with Crippen LogP contribution in [0.4, 0.5) is 0 Å². The third kappa shape index (κ3) is 14.4. The molecule has 3 aromatic carbocycles. The van der Waals surface area contributed by atoms with Gasteiger partial charge in [-0.1, -0.05) is 0 Å². The number of carbonyl (C=O) groups is 6. The lowest BCUT2D eigenvalue weighted by Gasteiger charge is -2.19. The second kappa shape index (κ2) is 17.8. The number of nitrogens with one attached hydrogen (secondary N) is 2. The zero-order chi connectivity index (χ0) is 35.9. The number of carboxylic acid groups (broad SMARTS) is 1. The molecule has 14 nitrogen and oxygen atoms in total. The van der Waals surface area contributed by atoms with Crippen LogP contribution in [0.1, 0.15) is 104 Å². The van der Waals surface area contributed by atoms with Crippen LogP contribution in [-0.4, -0.2) is 69.5 Å². The summed E-state index contributed by atoms with van der Waals surface area (Å²) in [6.45, 7) is 10.7. The van der Waals surface area contributed by atoms with Gasteiger partial charge >= 0.3 is 23.9 Å². The number of carboxylic acids is 1. The monoisotopic (exact) mass is 654 g/mol. The minimum absolute atomic E-state index is 0.0921. The third-order valence-electron chi connectivity index (χ3n) is 5.32. The van der Waals surface area contributed by atoms with Crippen molar-refractivity contribution in [1.29, 1.82) is 0 Å². The fourth-order valence-electron chi connectivity index (χ4n) is 3.19. The van der Waals surface area contributed by atoms with Crippen molar-refractivity contribution in [1.82, 2.24) is 11.0 Å². The Morgan fingerprint density at radius 1 is 0.489 bits per heavy atom. The van der Waals surface area contributed by atoms with Crippen LogP contribution in [0.5, 0.6) is 0 Å². The number of rotatable bonds is 6. The van der Waals surface area contributed by atoms with Gasteiger partial charge in [-0.15, -0.1) is 0 Å². The maximum Gasteiger partial charge on any atom is 0.338 e. The number of hydrogen-bond acceptors (Lipinski definition) is 11. The van der Waals surface area contributed by atoms with Crippen molar-refractivity contribution in [2.45, 2.75) is 52.7 Å². The summed E-state index contributed by atoms with van der Waals surface area (Å²) in [5, 5.41) is 25.2. The largest absolute Gasteiger partial charge is 0.478 e.